The summed E-state index contributed by atoms with van der Waals surface area (Å²) in [6, 6.07) is 66.5. The molecule has 1 aliphatic rings. The number of fused-ring (bicyclic) bond motifs is 11. The fourth-order valence-electron chi connectivity index (χ4n) is 8.91. The summed E-state index contributed by atoms with van der Waals surface area (Å²) in [5.74, 6) is 1.96. The van der Waals surface area contributed by atoms with Gasteiger partial charge in [-0.05, 0) is 41.5 Å². The average Bonchev–Trinajstić information content (AvgIpc) is 3.79. The normalized spacial score (nSPS) is 11.9. The SMILES string of the molecule is c1ccc(-c2nc(-c3ccccc3)nc(-c3cccc4c3-c3c-4cccc3-n3c4ccccc4c4ccc5c6ccccc6n(-c6ccccc6)c5c43)n2)cc1. The van der Waals surface area contributed by atoms with E-state index in [4.69, 9.17) is 15.0 Å². The van der Waals surface area contributed by atoms with Crippen LogP contribution in [0.1, 0.15) is 0 Å². The molecule has 0 fully saturated rings. The second kappa shape index (κ2) is 11.9. The van der Waals surface area contributed by atoms with Gasteiger partial charge in [0.1, 0.15) is 0 Å². The molecule has 0 N–H and O–H groups in total. The van der Waals surface area contributed by atoms with Gasteiger partial charge in [0.25, 0.3) is 0 Å². The van der Waals surface area contributed by atoms with Gasteiger partial charge in [-0.25, -0.2) is 15.0 Å². The van der Waals surface area contributed by atoms with E-state index in [1.807, 2.05) is 36.4 Å². The van der Waals surface area contributed by atoms with E-state index in [-0.39, 0.29) is 0 Å². The standard InChI is InChI=1S/C51H31N5/c1-4-16-32(17-5-1)49-52-50(33-18-6-2-7-19-33)54-51(53-49)41-26-14-24-37-38-25-15-29-44(46(38)45(37)41)56-43-28-13-11-23-36(43)40-31-30-39-35-22-10-12-27-42(35)55(47(39)48(40)56)34-20-8-3-9-21-34/h1-31H. The Balaban J connectivity index is 1.16. The minimum atomic E-state index is 0.651. The summed E-state index contributed by atoms with van der Waals surface area (Å²) in [6.45, 7) is 0. The van der Waals surface area contributed by atoms with Crippen molar-refractivity contribution in [3.63, 3.8) is 0 Å². The van der Waals surface area contributed by atoms with Gasteiger partial charge in [-0.3, -0.25) is 0 Å². The monoisotopic (exact) mass is 713 g/mol. The van der Waals surface area contributed by atoms with Crippen molar-refractivity contribution < 1.29 is 0 Å². The highest BCUT2D eigenvalue weighted by Gasteiger charge is 2.32. The van der Waals surface area contributed by atoms with E-state index in [2.05, 4.69) is 161 Å². The third-order valence-electron chi connectivity index (χ3n) is 11.3. The van der Waals surface area contributed by atoms with Gasteiger partial charge >= 0.3 is 0 Å². The van der Waals surface area contributed by atoms with Crippen molar-refractivity contribution in [2.75, 3.05) is 0 Å². The van der Waals surface area contributed by atoms with Crippen LogP contribution >= 0.6 is 0 Å². The summed E-state index contributed by atoms with van der Waals surface area (Å²) in [7, 11) is 0. The first-order valence-electron chi connectivity index (χ1n) is 19.0. The maximum Gasteiger partial charge on any atom is 0.164 e. The second-order valence-electron chi connectivity index (χ2n) is 14.4. The zero-order chi connectivity index (χ0) is 36.7. The molecule has 8 aromatic carbocycles. The molecule has 0 unspecified atom stereocenters. The lowest BCUT2D eigenvalue weighted by Gasteiger charge is -2.30. The summed E-state index contributed by atoms with van der Waals surface area (Å²) in [5, 5.41) is 4.90. The molecule has 0 radical (unpaired) electrons. The zero-order valence-electron chi connectivity index (χ0n) is 30.1. The lowest BCUT2D eigenvalue weighted by Crippen LogP contribution is -2.09. The summed E-state index contributed by atoms with van der Waals surface area (Å²) < 4.78 is 4.94. The first-order chi connectivity index (χ1) is 27.8. The van der Waals surface area contributed by atoms with Gasteiger partial charge in [-0.15, -0.1) is 0 Å². The van der Waals surface area contributed by atoms with Crippen molar-refractivity contribution in [1.29, 1.82) is 0 Å². The quantitative estimate of drug-likeness (QED) is 0.178. The van der Waals surface area contributed by atoms with E-state index in [1.54, 1.807) is 0 Å². The molecule has 0 spiro atoms. The largest absolute Gasteiger partial charge is 0.307 e. The van der Waals surface area contributed by atoms with E-state index in [0.29, 0.717) is 17.5 Å². The number of rotatable bonds is 5. The van der Waals surface area contributed by atoms with Crippen LogP contribution in [-0.4, -0.2) is 24.1 Å². The Morgan fingerprint density at radius 1 is 0.304 bits per heavy atom. The highest BCUT2D eigenvalue weighted by atomic mass is 15.1. The van der Waals surface area contributed by atoms with Crippen LogP contribution in [0.4, 0.5) is 0 Å². The lowest BCUT2D eigenvalue weighted by atomic mass is 9.76. The molecule has 56 heavy (non-hydrogen) atoms. The molecule has 0 saturated heterocycles. The first kappa shape index (κ1) is 30.8. The van der Waals surface area contributed by atoms with Gasteiger partial charge in [0, 0.05) is 55.0 Å². The van der Waals surface area contributed by atoms with E-state index < -0.39 is 0 Å². The maximum absolute atomic E-state index is 5.18. The van der Waals surface area contributed by atoms with Crippen molar-refractivity contribution in [1.82, 2.24) is 24.1 Å². The Morgan fingerprint density at radius 3 is 1.39 bits per heavy atom. The highest BCUT2D eigenvalue weighted by molar-refractivity contribution is 6.24. The summed E-state index contributed by atoms with van der Waals surface area (Å²) in [5.41, 5.74) is 14.7. The predicted molar refractivity (Wildman–Crippen MR) is 229 cm³/mol. The fraction of sp³-hybridized carbons (Fsp3) is 0. The highest BCUT2D eigenvalue weighted by Crippen LogP contribution is 2.55. The number of hydrogen-bond donors (Lipinski definition) is 0. The Hall–Kier alpha value is -7.63. The van der Waals surface area contributed by atoms with Gasteiger partial charge in [0.2, 0.25) is 0 Å². The number of para-hydroxylation sites is 3. The first-order valence-corrected chi connectivity index (χ1v) is 19.0. The van der Waals surface area contributed by atoms with Gasteiger partial charge in [-0.1, -0.05) is 158 Å². The van der Waals surface area contributed by atoms with E-state index in [1.165, 1.54) is 54.8 Å². The van der Waals surface area contributed by atoms with Crippen LogP contribution in [0.3, 0.4) is 0 Å². The fourth-order valence-corrected chi connectivity index (χ4v) is 8.91. The molecule has 0 amide bonds. The molecule has 1 aliphatic carbocycles. The van der Waals surface area contributed by atoms with Crippen molar-refractivity contribution in [3.05, 3.63) is 188 Å². The molecule has 12 rings (SSSR count). The Kier molecular flexibility index (Phi) is 6.56. The third-order valence-corrected chi connectivity index (χ3v) is 11.3. The van der Waals surface area contributed by atoms with Crippen LogP contribution in [0.15, 0.2) is 188 Å². The van der Waals surface area contributed by atoms with Crippen molar-refractivity contribution >= 4 is 43.6 Å². The van der Waals surface area contributed by atoms with E-state index >= 15 is 0 Å². The van der Waals surface area contributed by atoms with Crippen LogP contribution in [0.5, 0.6) is 0 Å². The molecule has 5 nitrogen and oxygen atoms in total. The molecule has 260 valence electrons. The van der Waals surface area contributed by atoms with Crippen LogP contribution < -0.4 is 0 Å². The molecule has 0 saturated carbocycles. The molecule has 3 heterocycles. The molecule has 0 bridgehead atoms. The van der Waals surface area contributed by atoms with E-state index in [0.717, 1.165) is 39.1 Å². The Bertz CT molecular complexity index is 3290. The van der Waals surface area contributed by atoms with Gasteiger partial charge < -0.3 is 9.13 Å². The predicted octanol–water partition coefficient (Wildman–Crippen LogP) is 12.7. The van der Waals surface area contributed by atoms with Crippen LogP contribution in [0, 0.1) is 0 Å². The number of nitrogens with zero attached hydrogens (tertiary/aromatic N) is 5. The zero-order valence-corrected chi connectivity index (χ0v) is 30.1. The average molecular weight is 714 g/mol. The van der Waals surface area contributed by atoms with Crippen LogP contribution in [-0.2, 0) is 0 Å². The number of aromatic nitrogens is 5. The van der Waals surface area contributed by atoms with Crippen LogP contribution in [0.2, 0.25) is 0 Å². The van der Waals surface area contributed by atoms with Gasteiger partial charge in [-0.2, -0.15) is 0 Å². The second-order valence-corrected chi connectivity index (χ2v) is 14.4. The topological polar surface area (TPSA) is 48.5 Å². The third kappa shape index (κ3) is 4.39. The minimum Gasteiger partial charge on any atom is -0.307 e. The smallest absolute Gasteiger partial charge is 0.164 e. The van der Waals surface area contributed by atoms with E-state index in [9.17, 15) is 0 Å². The summed E-state index contributed by atoms with van der Waals surface area (Å²) in [6.07, 6.45) is 0. The summed E-state index contributed by atoms with van der Waals surface area (Å²) >= 11 is 0. The Morgan fingerprint density at radius 2 is 0.768 bits per heavy atom. The Labute approximate surface area is 322 Å². The van der Waals surface area contributed by atoms with Crippen molar-refractivity contribution in [2.45, 2.75) is 0 Å². The number of benzene rings is 8. The molecule has 3 aromatic heterocycles. The van der Waals surface area contributed by atoms with Crippen LogP contribution in [0.25, 0.3) is 111 Å². The molecule has 11 aromatic rings. The molecular formula is C51H31N5. The molecule has 5 heteroatoms. The lowest BCUT2D eigenvalue weighted by molar-refractivity contribution is 1.07. The maximum atomic E-state index is 5.18. The number of hydrogen-bond acceptors (Lipinski definition) is 3. The molecule has 0 atom stereocenters. The van der Waals surface area contributed by atoms with Gasteiger partial charge in [0.15, 0.2) is 17.5 Å². The molecule has 0 aliphatic heterocycles. The molecular weight excluding hydrogens is 683 g/mol. The van der Waals surface area contributed by atoms with Crippen molar-refractivity contribution in [3.8, 4) is 67.8 Å². The van der Waals surface area contributed by atoms with Gasteiger partial charge in [0.05, 0.1) is 27.8 Å². The van der Waals surface area contributed by atoms with Crippen molar-refractivity contribution in [2.24, 2.45) is 0 Å². The summed E-state index contributed by atoms with van der Waals surface area (Å²) in [4.78, 5) is 15.3. The minimum absolute atomic E-state index is 0.651.